The first-order valence-corrected chi connectivity index (χ1v) is 5.86. The van der Waals surface area contributed by atoms with Gasteiger partial charge in [0, 0.05) is 13.1 Å². The number of amides is 2. The van der Waals surface area contributed by atoms with Crippen LogP contribution in [-0.2, 0) is 16.1 Å². The molecule has 0 unspecified atom stereocenters. The number of hydrogen-bond donors (Lipinski definition) is 0. The van der Waals surface area contributed by atoms with Crippen LogP contribution in [0.4, 0.5) is 4.79 Å². The van der Waals surface area contributed by atoms with Crippen LogP contribution in [-0.4, -0.2) is 48.5 Å². The molecule has 1 aromatic carbocycles. The Hall–Kier alpha value is -1.88. The van der Waals surface area contributed by atoms with Gasteiger partial charge < -0.3 is 4.74 Å². The Morgan fingerprint density at radius 1 is 1.28 bits per heavy atom. The van der Waals surface area contributed by atoms with E-state index in [1.165, 1.54) is 4.90 Å². The fourth-order valence-electron chi connectivity index (χ4n) is 1.78. The first-order chi connectivity index (χ1) is 8.66. The van der Waals surface area contributed by atoms with Crippen LogP contribution in [0.2, 0.25) is 0 Å². The Bertz CT molecular complexity index is 433. The molecule has 0 N–H and O–H groups in total. The number of rotatable bonds is 2. The van der Waals surface area contributed by atoms with Gasteiger partial charge in [-0.15, -0.1) is 0 Å². The molecule has 1 aliphatic rings. The Morgan fingerprint density at radius 2 is 2.00 bits per heavy atom. The molecular weight excluding hydrogens is 232 g/mol. The van der Waals surface area contributed by atoms with Crippen molar-refractivity contribution in [1.82, 2.24) is 9.80 Å². The number of carbonyl (C=O) groups is 2. The van der Waals surface area contributed by atoms with Gasteiger partial charge in [-0.05, 0) is 12.6 Å². The summed E-state index contributed by atoms with van der Waals surface area (Å²) in [6.07, 6.45) is -0.558. The van der Waals surface area contributed by atoms with Crippen LogP contribution >= 0.6 is 0 Å². The minimum absolute atomic E-state index is 0.194. The van der Waals surface area contributed by atoms with Crippen molar-refractivity contribution in [2.75, 3.05) is 26.7 Å². The third-order valence-electron chi connectivity index (χ3n) is 2.84. The molecule has 96 valence electrons. The third-order valence-corrected chi connectivity index (χ3v) is 2.84. The SMILES string of the molecule is CN1CCN(C(=O)OCc2ccccc2)C(=O)C1. The monoisotopic (exact) mass is 248 g/mol. The minimum Gasteiger partial charge on any atom is -0.444 e. The van der Waals surface area contributed by atoms with Crippen molar-refractivity contribution in [2.45, 2.75) is 6.61 Å². The molecule has 0 spiro atoms. The van der Waals surface area contributed by atoms with E-state index >= 15 is 0 Å². The topological polar surface area (TPSA) is 49.9 Å². The van der Waals surface area contributed by atoms with Crippen molar-refractivity contribution >= 4 is 12.0 Å². The Kier molecular flexibility index (Phi) is 3.94. The molecule has 0 saturated carbocycles. The summed E-state index contributed by atoms with van der Waals surface area (Å²) in [5.74, 6) is -0.207. The molecule has 0 radical (unpaired) electrons. The van der Waals surface area contributed by atoms with E-state index in [1.54, 1.807) is 0 Å². The maximum absolute atomic E-state index is 11.8. The van der Waals surface area contributed by atoms with Gasteiger partial charge in [0.2, 0.25) is 5.91 Å². The normalized spacial score (nSPS) is 16.7. The van der Waals surface area contributed by atoms with Crippen LogP contribution in [0.1, 0.15) is 5.56 Å². The molecule has 2 amide bonds. The molecule has 1 heterocycles. The number of carbonyl (C=O) groups excluding carboxylic acids is 2. The summed E-state index contributed by atoms with van der Waals surface area (Å²) >= 11 is 0. The van der Waals surface area contributed by atoms with Crippen LogP contribution in [0.3, 0.4) is 0 Å². The number of imide groups is 1. The third kappa shape index (κ3) is 3.07. The smallest absolute Gasteiger partial charge is 0.416 e. The first kappa shape index (κ1) is 12.6. The van der Waals surface area contributed by atoms with Crippen LogP contribution in [0.15, 0.2) is 30.3 Å². The van der Waals surface area contributed by atoms with Gasteiger partial charge in [-0.2, -0.15) is 0 Å². The van der Waals surface area contributed by atoms with E-state index in [9.17, 15) is 9.59 Å². The summed E-state index contributed by atoms with van der Waals surface area (Å²) < 4.78 is 5.12. The largest absolute Gasteiger partial charge is 0.444 e. The van der Waals surface area contributed by atoms with Gasteiger partial charge in [-0.25, -0.2) is 9.69 Å². The lowest BCUT2D eigenvalue weighted by atomic mass is 10.2. The second-order valence-electron chi connectivity index (χ2n) is 4.32. The van der Waals surface area contributed by atoms with Gasteiger partial charge in [-0.3, -0.25) is 9.69 Å². The molecule has 5 heteroatoms. The van der Waals surface area contributed by atoms with Crippen molar-refractivity contribution in [1.29, 1.82) is 0 Å². The summed E-state index contributed by atoms with van der Waals surface area (Å²) in [4.78, 5) is 26.4. The molecule has 2 rings (SSSR count). The van der Waals surface area contributed by atoms with E-state index in [0.29, 0.717) is 13.1 Å². The second kappa shape index (κ2) is 5.64. The molecular formula is C13H16N2O3. The number of nitrogens with zero attached hydrogens (tertiary/aromatic N) is 2. The summed E-state index contributed by atoms with van der Waals surface area (Å²) in [5.41, 5.74) is 0.910. The molecule has 0 bridgehead atoms. The summed E-state index contributed by atoms with van der Waals surface area (Å²) in [6, 6.07) is 9.40. The van der Waals surface area contributed by atoms with Gasteiger partial charge in [0.05, 0.1) is 6.54 Å². The van der Waals surface area contributed by atoms with E-state index in [1.807, 2.05) is 42.3 Å². The number of likely N-dealkylation sites (N-methyl/N-ethyl adjacent to an activating group) is 1. The zero-order valence-electron chi connectivity index (χ0n) is 10.3. The Morgan fingerprint density at radius 3 is 2.67 bits per heavy atom. The summed E-state index contributed by atoms with van der Waals surface area (Å²) in [6.45, 7) is 1.54. The quantitative estimate of drug-likeness (QED) is 0.786. The predicted molar refractivity (Wildman–Crippen MR) is 65.8 cm³/mol. The van der Waals surface area contributed by atoms with E-state index in [0.717, 1.165) is 5.56 Å². The first-order valence-electron chi connectivity index (χ1n) is 5.86. The van der Waals surface area contributed by atoms with Crippen molar-refractivity contribution in [3.63, 3.8) is 0 Å². The lowest BCUT2D eigenvalue weighted by molar-refractivity contribution is -0.133. The molecule has 1 saturated heterocycles. The summed E-state index contributed by atoms with van der Waals surface area (Å²) in [7, 11) is 1.85. The van der Waals surface area contributed by atoms with Crippen molar-refractivity contribution in [3.8, 4) is 0 Å². The summed E-state index contributed by atoms with van der Waals surface area (Å²) in [5, 5.41) is 0. The molecule has 1 aliphatic heterocycles. The highest BCUT2D eigenvalue weighted by Gasteiger charge is 2.27. The zero-order chi connectivity index (χ0) is 13.0. The van der Waals surface area contributed by atoms with Gasteiger partial charge in [0.1, 0.15) is 6.61 Å². The maximum Gasteiger partial charge on any atom is 0.416 e. The van der Waals surface area contributed by atoms with Crippen LogP contribution < -0.4 is 0 Å². The molecule has 0 aliphatic carbocycles. The Balaban J connectivity index is 1.87. The van der Waals surface area contributed by atoms with E-state index in [2.05, 4.69) is 0 Å². The van der Waals surface area contributed by atoms with Crippen molar-refractivity contribution < 1.29 is 14.3 Å². The second-order valence-corrected chi connectivity index (χ2v) is 4.32. The zero-order valence-corrected chi connectivity index (χ0v) is 10.3. The predicted octanol–water partition coefficient (Wildman–Crippen LogP) is 1.10. The highest BCUT2D eigenvalue weighted by molar-refractivity contribution is 5.93. The van der Waals surface area contributed by atoms with Gasteiger partial charge in [0.25, 0.3) is 0 Å². The minimum atomic E-state index is -0.558. The fourth-order valence-corrected chi connectivity index (χ4v) is 1.78. The molecule has 5 nitrogen and oxygen atoms in total. The molecule has 1 aromatic rings. The maximum atomic E-state index is 11.8. The molecule has 0 atom stereocenters. The highest BCUT2D eigenvalue weighted by Crippen LogP contribution is 2.06. The van der Waals surface area contributed by atoms with Gasteiger partial charge in [-0.1, -0.05) is 30.3 Å². The lowest BCUT2D eigenvalue weighted by Gasteiger charge is -2.29. The molecule has 0 aromatic heterocycles. The van der Waals surface area contributed by atoms with Gasteiger partial charge in [0.15, 0.2) is 0 Å². The van der Waals surface area contributed by atoms with Gasteiger partial charge >= 0.3 is 6.09 Å². The van der Waals surface area contributed by atoms with Crippen LogP contribution in [0.5, 0.6) is 0 Å². The fraction of sp³-hybridized carbons (Fsp3) is 0.385. The molecule has 1 fully saturated rings. The average Bonchev–Trinajstić information content (AvgIpc) is 2.37. The Labute approximate surface area is 106 Å². The standard InChI is InChI=1S/C13H16N2O3/c1-14-7-8-15(12(16)9-14)13(17)18-10-11-5-3-2-4-6-11/h2-6H,7-10H2,1H3. The van der Waals surface area contributed by atoms with Crippen LogP contribution in [0, 0.1) is 0 Å². The van der Waals surface area contributed by atoms with E-state index in [4.69, 9.17) is 4.74 Å². The number of piperazine rings is 1. The van der Waals surface area contributed by atoms with Crippen molar-refractivity contribution in [3.05, 3.63) is 35.9 Å². The number of benzene rings is 1. The number of ether oxygens (including phenoxy) is 1. The van der Waals surface area contributed by atoms with Crippen molar-refractivity contribution in [2.24, 2.45) is 0 Å². The lowest BCUT2D eigenvalue weighted by Crippen LogP contribution is -2.51. The van der Waals surface area contributed by atoms with Crippen LogP contribution in [0.25, 0.3) is 0 Å². The highest BCUT2D eigenvalue weighted by atomic mass is 16.6. The molecule has 18 heavy (non-hydrogen) atoms. The van der Waals surface area contributed by atoms with E-state index in [-0.39, 0.29) is 19.1 Å². The average molecular weight is 248 g/mol. The number of hydrogen-bond acceptors (Lipinski definition) is 4. The van der Waals surface area contributed by atoms with E-state index < -0.39 is 6.09 Å².